The molecule has 0 atom stereocenters. The molecule has 4 nitrogen and oxygen atoms in total. The van der Waals surface area contributed by atoms with Gasteiger partial charge in [0.1, 0.15) is 5.75 Å². The smallest absolute Gasteiger partial charge is 0.337 e. The number of carbonyl (C=O) groups excluding carboxylic acids is 1. The highest BCUT2D eigenvalue weighted by molar-refractivity contribution is 6.01. The zero-order valence-electron chi connectivity index (χ0n) is 12.4. The van der Waals surface area contributed by atoms with Gasteiger partial charge < -0.3 is 9.47 Å². The van der Waals surface area contributed by atoms with E-state index in [9.17, 15) is 4.79 Å². The molecule has 2 aromatic carbocycles. The van der Waals surface area contributed by atoms with E-state index in [2.05, 4.69) is 4.98 Å². The van der Waals surface area contributed by atoms with Crippen molar-refractivity contribution in [2.45, 2.75) is 0 Å². The Labute approximate surface area is 128 Å². The van der Waals surface area contributed by atoms with Crippen LogP contribution in [0.3, 0.4) is 0 Å². The van der Waals surface area contributed by atoms with Crippen molar-refractivity contribution in [3.63, 3.8) is 0 Å². The predicted molar refractivity (Wildman–Crippen MR) is 85.1 cm³/mol. The molecule has 0 aliphatic heterocycles. The van der Waals surface area contributed by atoms with Gasteiger partial charge in [0.25, 0.3) is 0 Å². The number of hydrogen-bond donors (Lipinski definition) is 0. The number of carbonyl (C=O) groups is 1. The highest BCUT2D eigenvalue weighted by Crippen LogP contribution is 2.30. The summed E-state index contributed by atoms with van der Waals surface area (Å²) in [4.78, 5) is 15.9. The number of rotatable bonds is 3. The van der Waals surface area contributed by atoms with Crippen LogP contribution in [-0.2, 0) is 4.74 Å². The van der Waals surface area contributed by atoms with E-state index in [1.807, 2.05) is 36.4 Å². The van der Waals surface area contributed by atoms with Crippen molar-refractivity contribution in [1.29, 1.82) is 0 Å². The molecule has 22 heavy (non-hydrogen) atoms. The largest absolute Gasteiger partial charge is 0.495 e. The molecule has 0 unspecified atom stereocenters. The first-order valence-electron chi connectivity index (χ1n) is 6.83. The monoisotopic (exact) mass is 293 g/mol. The summed E-state index contributed by atoms with van der Waals surface area (Å²) in [5.41, 5.74) is 2.46. The first-order chi connectivity index (χ1) is 10.7. The van der Waals surface area contributed by atoms with E-state index in [1.165, 1.54) is 7.11 Å². The van der Waals surface area contributed by atoms with Crippen molar-refractivity contribution < 1.29 is 14.3 Å². The molecular weight excluding hydrogens is 278 g/mol. The standard InChI is InChI=1S/C18H15NO3/c1-21-15-8-14(10-19-11-15)16-5-3-4-12-6-7-13(9-17(12)16)18(20)22-2/h3-11H,1-2H3. The molecule has 0 spiro atoms. The summed E-state index contributed by atoms with van der Waals surface area (Å²) in [5, 5.41) is 2.02. The van der Waals surface area contributed by atoms with Gasteiger partial charge in [-0.3, -0.25) is 4.98 Å². The van der Waals surface area contributed by atoms with Crippen LogP contribution in [0.2, 0.25) is 0 Å². The molecule has 1 aromatic heterocycles. The molecule has 0 N–H and O–H groups in total. The Kier molecular flexibility index (Phi) is 3.74. The molecule has 0 bridgehead atoms. The van der Waals surface area contributed by atoms with Crippen molar-refractivity contribution in [1.82, 2.24) is 4.98 Å². The second-order valence-electron chi connectivity index (χ2n) is 4.85. The lowest BCUT2D eigenvalue weighted by molar-refractivity contribution is 0.0601. The summed E-state index contributed by atoms with van der Waals surface area (Å²) in [6, 6.07) is 13.4. The van der Waals surface area contributed by atoms with Gasteiger partial charge >= 0.3 is 5.97 Å². The fourth-order valence-electron chi connectivity index (χ4n) is 2.45. The lowest BCUT2D eigenvalue weighted by Gasteiger charge is -2.09. The Bertz CT molecular complexity index is 843. The first-order valence-corrected chi connectivity index (χ1v) is 6.83. The van der Waals surface area contributed by atoms with E-state index in [0.717, 1.165) is 21.9 Å². The fraction of sp³-hybridized carbons (Fsp3) is 0.111. The summed E-state index contributed by atoms with van der Waals surface area (Å²) >= 11 is 0. The molecular formula is C18H15NO3. The zero-order chi connectivity index (χ0) is 15.5. The molecule has 0 fully saturated rings. The van der Waals surface area contributed by atoms with Crippen LogP contribution in [0.25, 0.3) is 21.9 Å². The van der Waals surface area contributed by atoms with Crippen LogP contribution < -0.4 is 4.74 Å². The number of hydrogen-bond acceptors (Lipinski definition) is 4. The third kappa shape index (κ3) is 2.51. The van der Waals surface area contributed by atoms with Crippen LogP contribution >= 0.6 is 0 Å². The highest BCUT2D eigenvalue weighted by Gasteiger charge is 2.10. The zero-order valence-corrected chi connectivity index (χ0v) is 12.4. The normalized spacial score (nSPS) is 10.5. The molecule has 1 heterocycles. The molecule has 0 saturated heterocycles. The number of esters is 1. The van der Waals surface area contributed by atoms with E-state index in [-0.39, 0.29) is 5.97 Å². The maximum absolute atomic E-state index is 11.8. The molecule has 0 aliphatic carbocycles. The Morgan fingerprint density at radius 3 is 2.68 bits per heavy atom. The molecule has 3 rings (SSSR count). The van der Waals surface area contributed by atoms with Crippen LogP contribution in [0.1, 0.15) is 10.4 Å². The van der Waals surface area contributed by atoms with Gasteiger partial charge in [0.05, 0.1) is 26.0 Å². The average Bonchev–Trinajstić information content (AvgIpc) is 2.60. The number of nitrogens with zero attached hydrogens (tertiary/aromatic N) is 1. The summed E-state index contributed by atoms with van der Waals surface area (Å²) in [5.74, 6) is 0.346. The Morgan fingerprint density at radius 1 is 1.05 bits per heavy atom. The van der Waals surface area contributed by atoms with E-state index in [0.29, 0.717) is 11.3 Å². The number of fused-ring (bicyclic) bond motifs is 1. The quantitative estimate of drug-likeness (QED) is 0.691. The van der Waals surface area contributed by atoms with Crippen molar-refractivity contribution in [3.8, 4) is 16.9 Å². The Morgan fingerprint density at radius 2 is 1.91 bits per heavy atom. The minimum Gasteiger partial charge on any atom is -0.495 e. The summed E-state index contributed by atoms with van der Waals surface area (Å²) in [6.07, 6.45) is 3.44. The van der Waals surface area contributed by atoms with Gasteiger partial charge in [-0.25, -0.2) is 4.79 Å². The Hall–Kier alpha value is -2.88. The minimum atomic E-state index is -0.347. The molecule has 4 heteroatoms. The lowest BCUT2D eigenvalue weighted by atomic mass is 9.97. The molecule has 0 saturated carbocycles. The highest BCUT2D eigenvalue weighted by atomic mass is 16.5. The second kappa shape index (κ2) is 5.85. The van der Waals surface area contributed by atoms with Gasteiger partial charge in [-0.2, -0.15) is 0 Å². The third-order valence-electron chi connectivity index (χ3n) is 3.56. The van der Waals surface area contributed by atoms with Crippen molar-refractivity contribution in [2.24, 2.45) is 0 Å². The number of methoxy groups -OCH3 is 2. The van der Waals surface area contributed by atoms with E-state index in [1.54, 1.807) is 25.6 Å². The van der Waals surface area contributed by atoms with Crippen LogP contribution in [-0.4, -0.2) is 25.2 Å². The Balaban J connectivity index is 2.22. The molecule has 0 radical (unpaired) electrons. The van der Waals surface area contributed by atoms with Crippen molar-refractivity contribution >= 4 is 16.7 Å². The van der Waals surface area contributed by atoms with Crippen molar-refractivity contribution in [2.75, 3.05) is 14.2 Å². The number of ether oxygens (including phenoxy) is 2. The van der Waals surface area contributed by atoms with Gasteiger partial charge in [0.2, 0.25) is 0 Å². The maximum atomic E-state index is 11.8. The summed E-state index contributed by atoms with van der Waals surface area (Å²) in [7, 11) is 2.99. The van der Waals surface area contributed by atoms with Crippen molar-refractivity contribution in [3.05, 3.63) is 60.4 Å². The van der Waals surface area contributed by atoms with Gasteiger partial charge in [0, 0.05) is 11.8 Å². The minimum absolute atomic E-state index is 0.347. The second-order valence-corrected chi connectivity index (χ2v) is 4.85. The molecule has 0 aliphatic rings. The van der Waals surface area contributed by atoms with Crippen LogP contribution in [0, 0.1) is 0 Å². The number of aromatic nitrogens is 1. The van der Waals surface area contributed by atoms with Gasteiger partial charge in [-0.1, -0.05) is 24.3 Å². The third-order valence-corrected chi connectivity index (χ3v) is 3.56. The van der Waals surface area contributed by atoms with Crippen LogP contribution in [0.5, 0.6) is 5.75 Å². The topological polar surface area (TPSA) is 48.4 Å². The van der Waals surface area contributed by atoms with Gasteiger partial charge in [-0.05, 0) is 34.5 Å². The maximum Gasteiger partial charge on any atom is 0.337 e. The molecule has 3 aromatic rings. The lowest BCUT2D eigenvalue weighted by Crippen LogP contribution is -2.00. The SMILES string of the molecule is COC(=O)c1ccc2cccc(-c3cncc(OC)c3)c2c1. The van der Waals surface area contributed by atoms with Gasteiger partial charge in [0.15, 0.2) is 0 Å². The number of benzene rings is 2. The average molecular weight is 293 g/mol. The number of pyridine rings is 1. The molecule has 0 amide bonds. The molecule has 110 valence electrons. The van der Waals surface area contributed by atoms with Gasteiger partial charge in [-0.15, -0.1) is 0 Å². The van der Waals surface area contributed by atoms with E-state index >= 15 is 0 Å². The fourth-order valence-corrected chi connectivity index (χ4v) is 2.45. The summed E-state index contributed by atoms with van der Waals surface area (Å²) < 4.78 is 10.0. The van der Waals surface area contributed by atoms with Crippen LogP contribution in [0.4, 0.5) is 0 Å². The van der Waals surface area contributed by atoms with E-state index in [4.69, 9.17) is 9.47 Å². The summed E-state index contributed by atoms with van der Waals surface area (Å²) in [6.45, 7) is 0. The predicted octanol–water partition coefficient (Wildman–Crippen LogP) is 3.70. The van der Waals surface area contributed by atoms with Crippen LogP contribution in [0.15, 0.2) is 54.9 Å². The first kappa shape index (κ1) is 14.1. The van der Waals surface area contributed by atoms with E-state index < -0.39 is 0 Å².